The lowest BCUT2D eigenvalue weighted by atomic mass is 10.2. The topological polar surface area (TPSA) is 55.6 Å². The molecule has 20 heavy (non-hydrogen) atoms. The van der Waals surface area contributed by atoms with Crippen LogP contribution in [-0.2, 0) is 0 Å². The molecule has 0 aliphatic heterocycles. The second-order valence-electron chi connectivity index (χ2n) is 4.70. The van der Waals surface area contributed by atoms with E-state index in [1.165, 1.54) is 12.8 Å². The minimum atomic E-state index is 0.575. The maximum absolute atomic E-state index is 4.08. The number of nitrogens with one attached hydrogen (secondary N) is 1. The molecule has 1 aromatic carbocycles. The van der Waals surface area contributed by atoms with Crippen LogP contribution in [0, 0.1) is 0 Å². The van der Waals surface area contributed by atoms with E-state index in [2.05, 4.69) is 34.7 Å². The Labute approximate surface area is 124 Å². The number of aromatic nitrogens is 4. The molecular formula is C14H21N5S. The fourth-order valence-electron chi connectivity index (χ4n) is 1.98. The van der Waals surface area contributed by atoms with Crippen molar-refractivity contribution in [2.24, 2.45) is 0 Å². The van der Waals surface area contributed by atoms with Crippen molar-refractivity contribution in [3.05, 3.63) is 30.3 Å². The van der Waals surface area contributed by atoms with Crippen molar-refractivity contribution in [3.63, 3.8) is 0 Å². The molecule has 0 saturated heterocycles. The van der Waals surface area contributed by atoms with Crippen LogP contribution in [0.4, 0.5) is 0 Å². The SMILES string of the molecule is CCCC(C)NCCSc1nnnn1-c1ccccc1. The summed E-state index contributed by atoms with van der Waals surface area (Å²) >= 11 is 1.67. The van der Waals surface area contributed by atoms with Gasteiger partial charge in [-0.25, -0.2) is 0 Å². The molecule has 108 valence electrons. The van der Waals surface area contributed by atoms with E-state index >= 15 is 0 Å². The van der Waals surface area contributed by atoms with E-state index in [1.807, 2.05) is 30.3 Å². The summed E-state index contributed by atoms with van der Waals surface area (Å²) in [7, 11) is 0. The van der Waals surface area contributed by atoms with Gasteiger partial charge in [-0.1, -0.05) is 43.3 Å². The fraction of sp³-hybridized carbons (Fsp3) is 0.500. The van der Waals surface area contributed by atoms with E-state index in [1.54, 1.807) is 16.4 Å². The first kappa shape index (κ1) is 15.0. The van der Waals surface area contributed by atoms with Crippen LogP contribution in [0.2, 0.25) is 0 Å². The number of thioether (sulfide) groups is 1. The predicted octanol–water partition coefficient (Wildman–Crippen LogP) is 2.53. The Morgan fingerprint density at radius 1 is 1.30 bits per heavy atom. The third-order valence-corrected chi connectivity index (χ3v) is 3.91. The first-order chi connectivity index (χ1) is 9.81. The van der Waals surface area contributed by atoms with Gasteiger partial charge in [-0.3, -0.25) is 0 Å². The lowest BCUT2D eigenvalue weighted by molar-refractivity contribution is 0.526. The van der Waals surface area contributed by atoms with Crippen LogP contribution in [-0.4, -0.2) is 38.5 Å². The van der Waals surface area contributed by atoms with Gasteiger partial charge < -0.3 is 5.32 Å². The van der Waals surface area contributed by atoms with Gasteiger partial charge in [0.05, 0.1) is 5.69 Å². The summed E-state index contributed by atoms with van der Waals surface area (Å²) in [6.45, 7) is 5.40. The lowest BCUT2D eigenvalue weighted by Gasteiger charge is -2.11. The highest BCUT2D eigenvalue weighted by Crippen LogP contribution is 2.17. The van der Waals surface area contributed by atoms with Crippen molar-refractivity contribution in [1.29, 1.82) is 0 Å². The highest BCUT2D eigenvalue weighted by molar-refractivity contribution is 7.99. The average Bonchev–Trinajstić information content (AvgIpc) is 2.93. The largest absolute Gasteiger partial charge is 0.313 e. The number of nitrogens with zero attached hydrogens (tertiary/aromatic N) is 4. The standard InChI is InChI=1S/C14H21N5S/c1-3-7-12(2)15-10-11-20-14-16-17-18-19(14)13-8-5-4-6-9-13/h4-6,8-9,12,15H,3,7,10-11H2,1-2H3. The minimum Gasteiger partial charge on any atom is -0.313 e. The zero-order valence-electron chi connectivity index (χ0n) is 12.0. The third-order valence-electron chi connectivity index (χ3n) is 2.99. The molecule has 5 nitrogen and oxygen atoms in total. The molecule has 0 aliphatic rings. The first-order valence-electron chi connectivity index (χ1n) is 7.01. The van der Waals surface area contributed by atoms with E-state index < -0.39 is 0 Å². The van der Waals surface area contributed by atoms with Gasteiger partial charge in [-0.15, -0.1) is 5.10 Å². The van der Waals surface area contributed by atoms with Gasteiger partial charge in [0.2, 0.25) is 5.16 Å². The molecule has 6 heteroatoms. The molecule has 0 spiro atoms. The number of benzene rings is 1. The van der Waals surface area contributed by atoms with E-state index in [0.29, 0.717) is 6.04 Å². The summed E-state index contributed by atoms with van der Waals surface area (Å²) in [5, 5.41) is 16.2. The van der Waals surface area contributed by atoms with E-state index in [0.717, 1.165) is 23.1 Å². The van der Waals surface area contributed by atoms with Gasteiger partial charge in [0, 0.05) is 18.3 Å². The number of para-hydroxylation sites is 1. The molecule has 1 atom stereocenters. The van der Waals surface area contributed by atoms with Crippen LogP contribution in [0.3, 0.4) is 0 Å². The molecule has 0 aliphatic carbocycles. The van der Waals surface area contributed by atoms with Crippen molar-refractivity contribution in [1.82, 2.24) is 25.5 Å². The lowest BCUT2D eigenvalue weighted by Crippen LogP contribution is -2.27. The second kappa shape index (κ2) is 8.01. The van der Waals surface area contributed by atoms with Crippen LogP contribution >= 0.6 is 11.8 Å². The molecule has 0 fully saturated rings. The van der Waals surface area contributed by atoms with Crippen LogP contribution in [0.5, 0.6) is 0 Å². The average molecular weight is 291 g/mol. The third kappa shape index (κ3) is 4.31. The van der Waals surface area contributed by atoms with E-state index in [-0.39, 0.29) is 0 Å². The van der Waals surface area contributed by atoms with Gasteiger partial charge in [-0.2, -0.15) is 4.68 Å². The van der Waals surface area contributed by atoms with Crippen molar-refractivity contribution < 1.29 is 0 Å². The zero-order valence-corrected chi connectivity index (χ0v) is 12.8. The van der Waals surface area contributed by atoms with Crippen molar-refractivity contribution in [2.75, 3.05) is 12.3 Å². The predicted molar refractivity (Wildman–Crippen MR) is 82.3 cm³/mol. The number of hydrogen-bond acceptors (Lipinski definition) is 5. The molecule has 0 saturated carbocycles. The maximum atomic E-state index is 4.08. The van der Waals surface area contributed by atoms with Crippen LogP contribution < -0.4 is 5.32 Å². The molecule has 0 radical (unpaired) electrons. The number of tetrazole rings is 1. The van der Waals surface area contributed by atoms with Gasteiger partial charge in [0.1, 0.15) is 0 Å². The van der Waals surface area contributed by atoms with Crippen molar-refractivity contribution >= 4 is 11.8 Å². The fourth-order valence-corrected chi connectivity index (χ4v) is 2.74. The summed E-state index contributed by atoms with van der Waals surface area (Å²) in [6, 6.07) is 10.5. The molecule has 1 aromatic heterocycles. The smallest absolute Gasteiger partial charge is 0.214 e. The minimum absolute atomic E-state index is 0.575. The Morgan fingerprint density at radius 2 is 2.10 bits per heavy atom. The van der Waals surface area contributed by atoms with Crippen LogP contribution in [0.25, 0.3) is 5.69 Å². The quantitative estimate of drug-likeness (QED) is 0.598. The van der Waals surface area contributed by atoms with Gasteiger partial charge >= 0.3 is 0 Å². The number of hydrogen-bond donors (Lipinski definition) is 1. The Bertz CT molecular complexity index is 499. The number of rotatable bonds is 8. The van der Waals surface area contributed by atoms with Crippen LogP contribution in [0.15, 0.2) is 35.5 Å². The molecular weight excluding hydrogens is 270 g/mol. The van der Waals surface area contributed by atoms with E-state index in [9.17, 15) is 0 Å². The van der Waals surface area contributed by atoms with E-state index in [4.69, 9.17) is 0 Å². The van der Waals surface area contributed by atoms with Gasteiger partial charge in [-0.05, 0) is 35.9 Å². The maximum Gasteiger partial charge on any atom is 0.214 e. The Balaban J connectivity index is 1.84. The van der Waals surface area contributed by atoms with Crippen LogP contribution in [0.1, 0.15) is 26.7 Å². The molecule has 1 heterocycles. The molecule has 0 bridgehead atoms. The highest BCUT2D eigenvalue weighted by atomic mass is 32.2. The Morgan fingerprint density at radius 3 is 2.85 bits per heavy atom. The van der Waals surface area contributed by atoms with Crippen molar-refractivity contribution in [3.8, 4) is 5.69 Å². The molecule has 2 rings (SSSR count). The molecule has 0 amide bonds. The van der Waals surface area contributed by atoms with Gasteiger partial charge in [0.25, 0.3) is 0 Å². The molecule has 2 aromatic rings. The normalized spacial score (nSPS) is 12.5. The molecule has 1 N–H and O–H groups in total. The molecule has 1 unspecified atom stereocenters. The summed E-state index contributed by atoms with van der Waals surface area (Å²) in [4.78, 5) is 0. The monoisotopic (exact) mass is 291 g/mol. The first-order valence-corrected chi connectivity index (χ1v) is 7.99. The summed E-state index contributed by atoms with van der Waals surface area (Å²) in [5.41, 5.74) is 0.993. The second-order valence-corrected chi connectivity index (χ2v) is 5.76. The Hall–Kier alpha value is -1.40. The highest BCUT2D eigenvalue weighted by Gasteiger charge is 2.08. The summed E-state index contributed by atoms with van der Waals surface area (Å²) in [5.74, 6) is 0.960. The van der Waals surface area contributed by atoms with Crippen molar-refractivity contribution in [2.45, 2.75) is 37.9 Å². The summed E-state index contributed by atoms with van der Waals surface area (Å²) < 4.78 is 1.78. The Kier molecular flexibility index (Phi) is 6.01. The zero-order chi connectivity index (χ0) is 14.2. The van der Waals surface area contributed by atoms with Gasteiger partial charge in [0.15, 0.2) is 0 Å². The summed E-state index contributed by atoms with van der Waals surface area (Å²) in [6.07, 6.45) is 2.43.